The Labute approximate surface area is 291 Å². The number of fused-ring (bicyclic) bond motifs is 6. The van der Waals surface area contributed by atoms with Crippen LogP contribution in [0.1, 0.15) is 25.0 Å². The highest BCUT2D eigenvalue weighted by Crippen LogP contribution is 2.55. The number of para-hydroxylation sites is 1. The zero-order chi connectivity index (χ0) is 33.1. The molecule has 9 aromatic carbocycles. The van der Waals surface area contributed by atoms with Crippen LogP contribution in [-0.2, 0) is 5.41 Å². The van der Waals surface area contributed by atoms with Gasteiger partial charge >= 0.3 is 0 Å². The normalized spacial score (nSPS) is 13.6. The molecule has 1 aromatic heterocycles. The monoisotopic (exact) mass is 635 g/mol. The fourth-order valence-corrected chi connectivity index (χ4v) is 9.20. The molecule has 0 bridgehead atoms. The third-order valence-corrected chi connectivity index (χ3v) is 11.5. The zero-order valence-corrected chi connectivity index (χ0v) is 28.0. The Morgan fingerprint density at radius 3 is 1.68 bits per heavy atom. The zero-order valence-electron chi connectivity index (χ0n) is 28.0. The van der Waals surface area contributed by atoms with Crippen LogP contribution in [0.4, 0.5) is 0 Å². The first kappa shape index (κ1) is 27.7. The van der Waals surface area contributed by atoms with Gasteiger partial charge in [0.05, 0.1) is 11.2 Å². The van der Waals surface area contributed by atoms with E-state index in [-0.39, 0.29) is 5.41 Å². The summed E-state index contributed by atoms with van der Waals surface area (Å²) in [5.41, 5.74) is 12.8. The molecule has 0 radical (unpaired) electrons. The lowest BCUT2D eigenvalue weighted by molar-refractivity contribution is 0.667. The van der Waals surface area contributed by atoms with E-state index in [0.29, 0.717) is 0 Å². The van der Waals surface area contributed by atoms with Crippen molar-refractivity contribution in [3.63, 3.8) is 0 Å². The topological polar surface area (TPSA) is 4.93 Å². The van der Waals surface area contributed by atoms with Crippen LogP contribution in [0.2, 0.25) is 0 Å². The molecule has 0 amide bonds. The Balaban J connectivity index is 1.19. The molecule has 1 aliphatic carbocycles. The van der Waals surface area contributed by atoms with Gasteiger partial charge in [-0.25, -0.2) is 0 Å². The van der Waals surface area contributed by atoms with Gasteiger partial charge in [0, 0.05) is 22.1 Å². The molecular formula is C49H33N. The average Bonchev–Trinajstić information content (AvgIpc) is 3.62. The second-order valence-electron chi connectivity index (χ2n) is 14.5. The number of rotatable bonds is 3. The molecule has 0 spiro atoms. The summed E-state index contributed by atoms with van der Waals surface area (Å²) >= 11 is 0. The smallest absolute Gasteiger partial charge is 0.0585 e. The van der Waals surface area contributed by atoms with E-state index in [9.17, 15) is 0 Å². The molecule has 1 heterocycles. The first-order chi connectivity index (χ1) is 24.6. The first-order valence-electron chi connectivity index (χ1n) is 17.6. The van der Waals surface area contributed by atoms with E-state index >= 15 is 0 Å². The van der Waals surface area contributed by atoms with Crippen LogP contribution in [-0.4, -0.2) is 4.57 Å². The largest absolute Gasteiger partial charge is 0.309 e. The summed E-state index contributed by atoms with van der Waals surface area (Å²) in [7, 11) is 0. The fourth-order valence-electron chi connectivity index (χ4n) is 9.20. The van der Waals surface area contributed by atoms with Crippen molar-refractivity contribution in [1.29, 1.82) is 0 Å². The molecule has 234 valence electrons. The second-order valence-corrected chi connectivity index (χ2v) is 14.5. The van der Waals surface area contributed by atoms with E-state index in [1.165, 1.54) is 104 Å². The Morgan fingerprint density at radius 2 is 1.00 bits per heavy atom. The molecule has 0 saturated heterocycles. The summed E-state index contributed by atoms with van der Waals surface area (Å²) in [5.74, 6) is 0. The molecule has 0 aliphatic heterocycles. The summed E-state index contributed by atoms with van der Waals surface area (Å²) in [4.78, 5) is 0. The Kier molecular flexibility index (Phi) is 5.51. The summed E-state index contributed by atoms with van der Waals surface area (Å²) in [6, 6.07) is 61.0. The van der Waals surface area contributed by atoms with Crippen molar-refractivity contribution in [1.82, 2.24) is 4.57 Å². The Hall–Kier alpha value is -6.18. The van der Waals surface area contributed by atoms with Crippen LogP contribution >= 0.6 is 0 Å². The van der Waals surface area contributed by atoms with Crippen LogP contribution in [0.3, 0.4) is 0 Å². The van der Waals surface area contributed by atoms with Gasteiger partial charge in [0.15, 0.2) is 0 Å². The minimum Gasteiger partial charge on any atom is -0.309 e. The van der Waals surface area contributed by atoms with Crippen molar-refractivity contribution < 1.29 is 0 Å². The molecule has 0 atom stereocenters. The second kappa shape index (κ2) is 9.94. The van der Waals surface area contributed by atoms with E-state index in [0.717, 1.165) is 0 Å². The van der Waals surface area contributed by atoms with Gasteiger partial charge in [-0.05, 0) is 113 Å². The summed E-state index contributed by atoms with van der Waals surface area (Å²) in [6.45, 7) is 4.82. The van der Waals surface area contributed by atoms with Crippen LogP contribution in [0.15, 0.2) is 164 Å². The number of aromatic nitrogens is 1. The van der Waals surface area contributed by atoms with Crippen LogP contribution in [0.5, 0.6) is 0 Å². The maximum atomic E-state index is 2.51. The molecule has 0 N–H and O–H groups in total. The van der Waals surface area contributed by atoms with Crippen molar-refractivity contribution in [2.24, 2.45) is 0 Å². The third-order valence-electron chi connectivity index (χ3n) is 11.5. The quantitative estimate of drug-likeness (QED) is 0.170. The predicted octanol–water partition coefficient (Wildman–Crippen LogP) is 13.3. The van der Waals surface area contributed by atoms with E-state index in [1.54, 1.807) is 0 Å². The van der Waals surface area contributed by atoms with Crippen LogP contribution in [0, 0.1) is 0 Å². The lowest BCUT2D eigenvalue weighted by Gasteiger charge is -2.22. The van der Waals surface area contributed by atoms with Crippen molar-refractivity contribution in [3.05, 3.63) is 175 Å². The molecule has 10 aromatic rings. The molecular weight excluding hydrogens is 603 g/mol. The van der Waals surface area contributed by atoms with Gasteiger partial charge in [-0.3, -0.25) is 0 Å². The minimum absolute atomic E-state index is 0.165. The third kappa shape index (κ3) is 3.67. The Bertz CT molecular complexity index is 2980. The van der Waals surface area contributed by atoms with E-state index in [2.05, 4.69) is 182 Å². The Morgan fingerprint density at radius 1 is 0.420 bits per heavy atom. The molecule has 1 nitrogen and oxygen atoms in total. The van der Waals surface area contributed by atoms with E-state index < -0.39 is 0 Å². The number of benzene rings is 9. The molecule has 50 heavy (non-hydrogen) atoms. The lowest BCUT2D eigenvalue weighted by Crippen LogP contribution is -2.14. The number of hydrogen-bond donors (Lipinski definition) is 0. The summed E-state index contributed by atoms with van der Waals surface area (Å²) < 4.78 is 2.51. The van der Waals surface area contributed by atoms with Crippen molar-refractivity contribution in [3.8, 4) is 39.2 Å². The molecule has 1 heteroatoms. The minimum atomic E-state index is -0.165. The van der Waals surface area contributed by atoms with Gasteiger partial charge in [0.2, 0.25) is 0 Å². The standard InChI is InChI=1S/C49H33N/c1-49(2)43-29-34-14-10-9-13-33(34)27-41(43)48-47(49)42-28-35(21-26-44(42)50(48)36-15-7-4-8-16-36)38-23-18-32-19-24-39-37(30-11-5-3-6-12-30)22-17-31-20-25-40(38)46(32)45(31)39/h3-29H,1-2H3. The molecule has 0 fully saturated rings. The maximum absolute atomic E-state index is 2.51. The van der Waals surface area contributed by atoms with Gasteiger partial charge in [-0.15, -0.1) is 0 Å². The van der Waals surface area contributed by atoms with Gasteiger partial charge in [0.25, 0.3) is 0 Å². The van der Waals surface area contributed by atoms with E-state index in [4.69, 9.17) is 0 Å². The van der Waals surface area contributed by atoms with Crippen molar-refractivity contribution in [2.45, 2.75) is 19.3 Å². The highest BCUT2D eigenvalue weighted by Gasteiger charge is 2.41. The van der Waals surface area contributed by atoms with E-state index in [1.807, 2.05) is 0 Å². The fraction of sp³-hybridized carbons (Fsp3) is 0.0612. The van der Waals surface area contributed by atoms with Crippen LogP contribution in [0.25, 0.3) is 93.2 Å². The molecule has 0 unspecified atom stereocenters. The van der Waals surface area contributed by atoms with Gasteiger partial charge in [0.1, 0.15) is 0 Å². The maximum Gasteiger partial charge on any atom is 0.0585 e. The lowest BCUT2D eigenvalue weighted by atomic mass is 9.80. The first-order valence-corrected chi connectivity index (χ1v) is 17.6. The van der Waals surface area contributed by atoms with Crippen LogP contribution < -0.4 is 0 Å². The summed E-state index contributed by atoms with van der Waals surface area (Å²) in [6.07, 6.45) is 0. The SMILES string of the molecule is CC1(C)c2cc3ccccc3cc2-c2c1c1cc(-c3ccc4ccc5c(-c6ccccc6)ccc6ccc3c4c65)ccc1n2-c1ccccc1. The molecule has 0 saturated carbocycles. The van der Waals surface area contributed by atoms with Crippen molar-refractivity contribution in [2.75, 3.05) is 0 Å². The van der Waals surface area contributed by atoms with Gasteiger partial charge in [-0.1, -0.05) is 141 Å². The molecule has 11 rings (SSSR count). The molecule has 1 aliphatic rings. The predicted molar refractivity (Wildman–Crippen MR) is 213 cm³/mol. The van der Waals surface area contributed by atoms with Gasteiger partial charge < -0.3 is 4.57 Å². The highest BCUT2D eigenvalue weighted by molar-refractivity contribution is 6.27. The number of hydrogen-bond acceptors (Lipinski definition) is 0. The highest BCUT2D eigenvalue weighted by atomic mass is 15.0. The summed E-state index contributed by atoms with van der Waals surface area (Å²) in [5, 5.41) is 11.8. The number of nitrogens with zero attached hydrogens (tertiary/aromatic N) is 1. The van der Waals surface area contributed by atoms with Crippen molar-refractivity contribution >= 4 is 54.0 Å². The average molecular weight is 636 g/mol. The van der Waals surface area contributed by atoms with Gasteiger partial charge in [-0.2, -0.15) is 0 Å².